The molecule has 1 aromatic rings. The molecule has 1 aliphatic carbocycles. The van der Waals surface area contributed by atoms with Crippen LogP contribution in [0, 0.1) is 6.92 Å². The van der Waals surface area contributed by atoms with Gasteiger partial charge in [-0.1, -0.05) is 12.1 Å². The van der Waals surface area contributed by atoms with E-state index in [0.717, 1.165) is 18.5 Å². The van der Waals surface area contributed by atoms with E-state index in [2.05, 4.69) is 6.07 Å². The van der Waals surface area contributed by atoms with Crippen molar-refractivity contribution >= 4 is 5.97 Å². The first-order valence-corrected chi connectivity index (χ1v) is 6.02. The summed E-state index contributed by atoms with van der Waals surface area (Å²) in [4.78, 5) is 11.5. The molecular formula is C14H19NO2. The smallest absolute Gasteiger partial charge is 0.338 e. The van der Waals surface area contributed by atoms with Gasteiger partial charge >= 0.3 is 5.97 Å². The zero-order valence-electron chi connectivity index (χ0n) is 10.5. The molecule has 0 saturated heterocycles. The average Bonchev–Trinajstić information content (AvgIpc) is 3.09. The minimum Gasteiger partial charge on any atom is -0.465 e. The highest BCUT2D eigenvalue weighted by molar-refractivity contribution is 5.91. The van der Waals surface area contributed by atoms with Gasteiger partial charge in [-0.05, 0) is 55.3 Å². The minimum atomic E-state index is -0.266. The monoisotopic (exact) mass is 233 g/mol. The van der Waals surface area contributed by atoms with Gasteiger partial charge in [0.05, 0.1) is 12.7 Å². The van der Waals surface area contributed by atoms with Crippen LogP contribution in [0.3, 0.4) is 0 Å². The van der Waals surface area contributed by atoms with E-state index in [1.54, 1.807) is 0 Å². The maximum absolute atomic E-state index is 11.5. The molecule has 0 aromatic heterocycles. The Morgan fingerprint density at radius 3 is 2.65 bits per heavy atom. The van der Waals surface area contributed by atoms with Crippen LogP contribution in [0.1, 0.15) is 40.7 Å². The van der Waals surface area contributed by atoms with E-state index in [9.17, 15) is 4.79 Å². The quantitative estimate of drug-likeness (QED) is 0.811. The van der Waals surface area contributed by atoms with E-state index < -0.39 is 0 Å². The normalized spacial score (nSPS) is 16.6. The number of hydrogen-bond acceptors (Lipinski definition) is 3. The number of aryl methyl sites for hydroxylation is 1. The van der Waals surface area contributed by atoms with Gasteiger partial charge in [-0.2, -0.15) is 0 Å². The summed E-state index contributed by atoms with van der Waals surface area (Å²) in [6.07, 6.45) is 3.45. The minimum absolute atomic E-state index is 0.266. The molecule has 0 unspecified atom stereocenters. The van der Waals surface area contributed by atoms with Crippen LogP contribution in [0.5, 0.6) is 0 Å². The SMILES string of the molecule is COC(=O)c1ccc(C2(CCN)CC2)cc1C. The molecule has 0 spiro atoms. The molecule has 2 N–H and O–H groups in total. The van der Waals surface area contributed by atoms with Gasteiger partial charge in [0.25, 0.3) is 0 Å². The Labute approximate surface area is 102 Å². The van der Waals surface area contributed by atoms with Crippen LogP contribution in [0.25, 0.3) is 0 Å². The van der Waals surface area contributed by atoms with Gasteiger partial charge in [-0.25, -0.2) is 4.79 Å². The standard InChI is InChI=1S/C14H19NO2/c1-10-9-11(14(5-6-14)7-8-15)3-4-12(10)13(16)17-2/h3-4,9H,5-8,15H2,1-2H3. The van der Waals surface area contributed by atoms with Crippen molar-refractivity contribution in [3.8, 4) is 0 Å². The Morgan fingerprint density at radius 2 is 2.18 bits per heavy atom. The predicted molar refractivity (Wildman–Crippen MR) is 67.1 cm³/mol. The van der Waals surface area contributed by atoms with Crippen molar-refractivity contribution in [1.82, 2.24) is 0 Å². The molecule has 1 aliphatic rings. The molecule has 1 aromatic carbocycles. The summed E-state index contributed by atoms with van der Waals surface area (Å²) >= 11 is 0. The second-order valence-electron chi connectivity index (χ2n) is 4.84. The number of carbonyl (C=O) groups is 1. The third kappa shape index (κ3) is 2.20. The topological polar surface area (TPSA) is 52.3 Å². The zero-order valence-corrected chi connectivity index (χ0v) is 10.5. The van der Waals surface area contributed by atoms with E-state index in [4.69, 9.17) is 10.5 Å². The Hall–Kier alpha value is -1.35. The van der Waals surface area contributed by atoms with Crippen molar-refractivity contribution in [2.75, 3.05) is 13.7 Å². The van der Waals surface area contributed by atoms with Crippen LogP contribution in [0.2, 0.25) is 0 Å². The maximum Gasteiger partial charge on any atom is 0.338 e. The molecule has 1 fully saturated rings. The summed E-state index contributed by atoms with van der Waals surface area (Å²) in [5.41, 5.74) is 8.89. The molecule has 1 saturated carbocycles. The van der Waals surface area contributed by atoms with E-state index >= 15 is 0 Å². The van der Waals surface area contributed by atoms with Crippen LogP contribution in [0.4, 0.5) is 0 Å². The Bertz CT molecular complexity index is 436. The predicted octanol–water partition coefficient (Wildman–Crippen LogP) is 2.16. The Morgan fingerprint density at radius 1 is 1.47 bits per heavy atom. The lowest BCUT2D eigenvalue weighted by atomic mass is 9.90. The van der Waals surface area contributed by atoms with Crippen LogP contribution >= 0.6 is 0 Å². The largest absolute Gasteiger partial charge is 0.465 e. The van der Waals surface area contributed by atoms with Gasteiger partial charge in [0.15, 0.2) is 0 Å². The molecule has 0 heterocycles. The second kappa shape index (κ2) is 4.49. The van der Waals surface area contributed by atoms with Crippen molar-refractivity contribution in [3.63, 3.8) is 0 Å². The first-order valence-electron chi connectivity index (χ1n) is 6.02. The molecule has 92 valence electrons. The number of rotatable bonds is 4. The molecule has 0 bridgehead atoms. The highest BCUT2D eigenvalue weighted by atomic mass is 16.5. The lowest BCUT2D eigenvalue weighted by Crippen LogP contribution is -2.14. The molecule has 0 atom stereocenters. The van der Waals surface area contributed by atoms with Gasteiger partial charge in [-0.15, -0.1) is 0 Å². The lowest BCUT2D eigenvalue weighted by Gasteiger charge is -2.16. The first kappa shape index (κ1) is 12.1. The second-order valence-corrected chi connectivity index (χ2v) is 4.84. The van der Waals surface area contributed by atoms with Crippen LogP contribution in [-0.2, 0) is 10.2 Å². The molecule has 3 nitrogen and oxygen atoms in total. The fourth-order valence-electron chi connectivity index (χ4n) is 2.44. The molecule has 0 radical (unpaired) electrons. The number of esters is 1. The number of hydrogen-bond donors (Lipinski definition) is 1. The van der Waals surface area contributed by atoms with Crippen molar-refractivity contribution in [3.05, 3.63) is 34.9 Å². The Balaban J connectivity index is 2.28. The van der Waals surface area contributed by atoms with Crippen LogP contribution < -0.4 is 5.73 Å². The number of carbonyl (C=O) groups excluding carboxylic acids is 1. The van der Waals surface area contributed by atoms with Crippen molar-refractivity contribution < 1.29 is 9.53 Å². The van der Waals surface area contributed by atoms with Crippen molar-refractivity contribution in [2.45, 2.75) is 31.6 Å². The highest BCUT2D eigenvalue weighted by Crippen LogP contribution is 2.50. The summed E-state index contributed by atoms with van der Waals surface area (Å²) in [6.45, 7) is 2.67. The molecule has 2 rings (SSSR count). The fourth-order valence-corrected chi connectivity index (χ4v) is 2.44. The molecule has 0 aliphatic heterocycles. The summed E-state index contributed by atoms with van der Waals surface area (Å²) < 4.78 is 4.75. The number of benzene rings is 1. The van der Waals surface area contributed by atoms with E-state index in [1.807, 2.05) is 19.1 Å². The van der Waals surface area contributed by atoms with E-state index in [-0.39, 0.29) is 11.4 Å². The maximum atomic E-state index is 11.5. The van der Waals surface area contributed by atoms with Gasteiger partial charge in [0.2, 0.25) is 0 Å². The molecule has 17 heavy (non-hydrogen) atoms. The van der Waals surface area contributed by atoms with Crippen LogP contribution in [-0.4, -0.2) is 19.6 Å². The molecular weight excluding hydrogens is 214 g/mol. The highest BCUT2D eigenvalue weighted by Gasteiger charge is 2.43. The fraction of sp³-hybridized carbons (Fsp3) is 0.500. The number of ether oxygens (including phenoxy) is 1. The van der Waals surface area contributed by atoms with Crippen molar-refractivity contribution in [2.24, 2.45) is 5.73 Å². The number of methoxy groups -OCH3 is 1. The van der Waals surface area contributed by atoms with E-state index in [0.29, 0.717) is 5.56 Å². The van der Waals surface area contributed by atoms with Gasteiger partial charge < -0.3 is 10.5 Å². The third-order valence-electron chi connectivity index (χ3n) is 3.72. The summed E-state index contributed by atoms with van der Waals surface area (Å²) in [5.74, 6) is -0.266. The Kier molecular flexibility index (Phi) is 3.20. The summed E-state index contributed by atoms with van der Waals surface area (Å²) in [6, 6.07) is 6.02. The summed E-state index contributed by atoms with van der Waals surface area (Å²) in [7, 11) is 1.41. The average molecular weight is 233 g/mol. The zero-order chi connectivity index (χ0) is 12.5. The van der Waals surface area contributed by atoms with Gasteiger partial charge in [0.1, 0.15) is 0 Å². The third-order valence-corrected chi connectivity index (χ3v) is 3.72. The summed E-state index contributed by atoms with van der Waals surface area (Å²) in [5, 5.41) is 0. The number of nitrogens with two attached hydrogens (primary N) is 1. The van der Waals surface area contributed by atoms with Crippen molar-refractivity contribution in [1.29, 1.82) is 0 Å². The van der Waals surface area contributed by atoms with Gasteiger partial charge in [0, 0.05) is 0 Å². The van der Waals surface area contributed by atoms with Crippen LogP contribution in [0.15, 0.2) is 18.2 Å². The van der Waals surface area contributed by atoms with E-state index in [1.165, 1.54) is 25.5 Å². The van der Waals surface area contributed by atoms with Gasteiger partial charge in [-0.3, -0.25) is 0 Å². The molecule has 0 amide bonds. The molecule has 3 heteroatoms. The first-order chi connectivity index (χ1) is 8.13. The lowest BCUT2D eigenvalue weighted by molar-refractivity contribution is 0.0600.